The number of rotatable bonds is 13. The van der Waals surface area contributed by atoms with Crippen LogP contribution in [0.1, 0.15) is 142 Å². The number of hydrogen-bond donors (Lipinski definition) is 5. The fourth-order valence-electron chi connectivity index (χ4n) is 12.8. The Balaban J connectivity index is 0.000000706. The summed E-state index contributed by atoms with van der Waals surface area (Å²) >= 11 is 0. The molecule has 2 aliphatic carbocycles. The van der Waals surface area contributed by atoms with Gasteiger partial charge in [-0.15, -0.1) is 0 Å². The molecule has 1 aromatic heterocycles. The zero-order valence-corrected chi connectivity index (χ0v) is 37.2. The SMILES string of the molecule is NC(=O)N(C1CCC(CCN2[C@@H]3CC[C@H]2c2ccccc23)CC1)C(CNC(=O)NC1CCC(CCN2C3CC[C@@H]2c2ccccc23)CC1)Cc1c[nH]c2ccccc12.O=C(O)C(F)(F)F. The van der Waals surface area contributed by atoms with Gasteiger partial charge in [-0.25, -0.2) is 14.4 Å². The number of nitrogens with one attached hydrogen (secondary N) is 3. The molecule has 4 bridgehead atoms. The fourth-order valence-corrected chi connectivity index (χ4v) is 12.8. The van der Waals surface area contributed by atoms with E-state index >= 15 is 0 Å². The number of nitrogens with zero attached hydrogens (tertiary/aromatic N) is 3. The summed E-state index contributed by atoms with van der Waals surface area (Å²) in [6.07, 6.45) is 13.7. The van der Waals surface area contributed by atoms with E-state index in [9.17, 15) is 22.8 Å². The van der Waals surface area contributed by atoms with Gasteiger partial charge in [-0.1, -0.05) is 66.7 Å². The number of H-pyrrole nitrogens is 1. The van der Waals surface area contributed by atoms with Crippen molar-refractivity contribution in [3.05, 3.63) is 107 Å². The Morgan fingerprint density at radius 3 is 1.65 bits per heavy atom. The molecule has 65 heavy (non-hydrogen) atoms. The highest BCUT2D eigenvalue weighted by molar-refractivity contribution is 5.83. The second-order valence-corrected chi connectivity index (χ2v) is 19.5. The van der Waals surface area contributed by atoms with Crippen molar-refractivity contribution in [1.29, 1.82) is 0 Å². The lowest BCUT2D eigenvalue weighted by Crippen LogP contribution is -2.56. The number of aliphatic carboxylic acids is 1. The fraction of sp³-hybridized carbons (Fsp3) is 0.549. The number of nitrogens with two attached hydrogens (primary N) is 1. The van der Waals surface area contributed by atoms with Gasteiger partial charge < -0.3 is 31.4 Å². The maximum atomic E-state index is 13.5. The molecule has 4 fully saturated rings. The molecule has 0 radical (unpaired) electrons. The zero-order valence-electron chi connectivity index (χ0n) is 37.2. The minimum absolute atomic E-state index is 0.0706. The summed E-state index contributed by atoms with van der Waals surface area (Å²) in [7, 11) is 0. The number of aromatic nitrogens is 1. The highest BCUT2D eigenvalue weighted by Crippen LogP contribution is 2.54. The van der Waals surface area contributed by atoms with Gasteiger partial charge in [0.1, 0.15) is 0 Å². The molecule has 6 aliphatic rings. The van der Waals surface area contributed by atoms with Crippen molar-refractivity contribution < 1.29 is 32.7 Å². The number of carboxylic acids is 1. The minimum Gasteiger partial charge on any atom is -0.475 e. The maximum Gasteiger partial charge on any atom is 0.490 e. The number of urea groups is 2. The van der Waals surface area contributed by atoms with E-state index in [1.54, 1.807) is 22.3 Å². The van der Waals surface area contributed by atoms with E-state index in [4.69, 9.17) is 15.6 Å². The summed E-state index contributed by atoms with van der Waals surface area (Å²) in [5.74, 6) is -1.38. The van der Waals surface area contributed by atoms with Crippen molar-refractivity contribution >= 4 is 28.9 Å². The molecule has 4 amide bonds. The van der Waals surface area contributed by atoms with Gasteiger partial charge in [0.25, 0.3) is 0 Å². The van der Waals surface area contributed by atoms with Crippen LogP contribution in [0.15, 0.2) is 79.0 Å². The first-order chi connectivity index (χ1) is 31.4. The standard InChI is InChI=1S/C49H63N7O2.C2HF3O2/c50-48(57)56(36-19-15-33(16-20-36)26-28-55-46-23-24-47(55)42-11-4-3-10-41(42)46)37(29-34-30-51-43-12-6-5-7-38(34)43)31-52-49(58)53-35-17-13-32(14-18-35)25-27-54-44-21-22-45(54)40-9-2-1-8-39(40)44;3-2(4,5)1(6)7/h1-12,30,32-33,35-37,44-47,51H,13-29,31H2,(H2,50,57)(H2,52,53,58);(H,6,7)/t32?,33?,35?,36?,37?,44-,45?,46-,47+;/m1./s1. The first-order valence-electron chi connectivity index (χ1n) is 24.1. The van der Waals surface area contributed by atoms with Crippen molar-refractivity contribution in [2.45, 2.75) is 145 Å². The number of carbonyl (C=O) groups excluding carboxylic acids is 2. The van der Waals surface area contributed by atoms with E-state index in [2.05, 4.69) is 98.3 Å². The zero-order chi connectivity index (χ0) is 45.2. The van der Waals surface area contributed by atoms with Crippen LogP contribution in [0.4, 0.5) is 22.8 Å². The molecule has 4 aromatic rings. The number of benzene rings is 3. The third-order valence-corrected chi connectivity index (χ3v) is 16.0. The van der Waals surface area contributed by atoms with Crippen LogP contribution in [0, 0.1) is 11.8 Å². The van der Waals surface area contributed by atoms with E-state index in [1.165, 1.54) is 45.1 Å². The van der Waals surface area contributed by atoms with Crippen LogP contribution in [-0.2, 0) is 11.2 Å². The molecule has 2 saturated heterocycles. The second kappa shape index (κ2) is 19.4. The van der Waals surface area contributed by atoms with Crippen LogP contribution in [0.2, 0.25) is 0 Å². The number of carbonyl (C=O) groups is 3. The molecule has 2 unspecified atom stereocenters. The third kappa shape index (κ3) is 9.75. The van der Waals surface area contributed by atoms with Crippen LogP contribution in [0.25, 0.3) is 10.9 Å². The van der Waals surface area contributed by atoms with E-state index in [-0.39, 0.29) is 30.2 Å². The molecule has 5 heterocycles. The summed E-state index contributed by atoms with van der Waals surface area (Å²) in [6, 6.07) is 28.4. The maximum absolute atomic E-state index is 13.5. The molecule has 11 nitrogen and oxygen atoms in total. The molecule has 2 saturated carbocycles. The number of hydrogen-bond acceptors (Lipinski definition) is 5. The number of amides is 4. The Labute approximate surface area is 379 Å². The first-order valence-corrected chi connectivity index (χ1v) is 24.1. The molecular formula is C51H64F3N7O4. The average molecular weight is 896 g/mol. The van der Waals surface area contributed by atoms with Crippen LogP contribution in [-0.4, -0.2) is 86.8 Å². The number of aromatic amines is 1. The van der Waals surface area contributed by atoms with E-state index < -0.39 is 12.1 Å². The number of alkyl halides is 3. The highest BCUT2D eigenvalue weighted by atomic mass is 19.4. The average Bonchev–Trinajstić information content (AvgIpc) is 4.14. The largest absolute Gasteiger partial charge is 0.490 e. The van der Waals surface area contributed by atoms with Crippen LogP contribution in [0.5, 0.6) is 0 Å². The van der Waals surface area contributed by atoms with E-state index in [0.29, 0.717) is 43.1 Å². The number of carboxylic acid groups (broad SMARTS) is 1. The van der Waals surface area contributed by atoms with Gasteiger partial charge >= 0.3 is 24.2 Å². The molecule has 0 spiro atoms. The van der Waals surface area contributed by atoms with Gasteiger partial charge in [-0.05, 0) is 155 Å². The monoisotopic (exact) mass is 895 g/mol. The van der Waals surface area contributed by atoms with Crippen molar-refractivity contribution in [2.75, 3.05) is 19.6 Å². The molecular weight excluding hydrogens is 832 g/mol. The molecule has 5 atom stereocenters. The number of halogens is 3. The summed E-state index contributed by atoms with van der Waals surface area (Å²) in [4.78, 5) is 46.8. The van der Waals surface area contributed by atoms with Gasteiger partial charge in [-0.2, -0.15) is 13.2 Å². The van der Waals surface area contributed by atoms with Crippen molar-refractivity contribution in [3.8, 4) is 0 Å². The topological polar surface area (TPSA) is 147 Å². The molecule has 14 heteroatoms. The normalized spacial score (nSPS) is 27.4. The predicted molar refractivity (Wildman–Crippen MR) is 244 cm³/mol. The van der Waals surface area contributed by atoms with E-state index in [1.807, 2.05) is 11.0 Å². The second-order valence-electron chi connectivity index (χ2n) is 19.5. The Bertz CT molecular complexity index is 2240. The highest BCUT2D eigenvalue weighted by Gasteiger charge is 2.45. The van der Waals surface area contributed by atoms with Gasteiger partial charge in [0, 0.05) is 59.9 Å². The molecule has 4 aliphatic heterocycles. The van der Waals surface area contributed by atoms with Crippen molar-refractivity contribution in [1.82, 2.24) is 30.3 Å². The lowest BCUT2D eigenvalue weighted by atomic mass is 9.82. The lowest BCUT2D eigenvalue weighted by molar-refractivity contribution is -0.192. The van der Waals surface area contributed by atoms with Crippen LogP contribution < -0.4 is 16.4 Å². The number of fused-ring (bicyclic) bond motifs is 11. The van der Waals surface area contributed by atoms with Gasteiger partial charge in [-0.3, -0.25) is 9.80 Å². The van der Waals surface area contributed by atoms with Crippen molar-refractivity contribution in [2.24, 2.45) is 17.6 Å². The Morgan fingerprint density at radius 1 is 0.708 bits per heavy atom. The lowest BCUT2D eigenvalue weighted by Gasteiger charge is -2.41. The van der Waals surface area contributed by atoms with Gasteiger partial charge in [0.2, 0.25) is 0 Å². The van der Waals surface area contributed by atoms with Crippen molar-refractivity contribution in [3.63, 3.8) is 0 Å². The number of para-hydroxylation sites is 1. The summed E-state index contributed by atoms with van der Waals surface area (Å²) < 4.78 is 31.7. The smallest absolute Gasteiger partial charge is 0.475 e. The van der Waals surface area contributed by atoms with E-state index in [0.717, 1.165) is 80.3 Å². The Morgan fingerprint density at radius 2 is 1.17 bits per heavy atom. The molecule has 6 N–H and O–H groups in total. The predicted octanol–water partition coefficient (Wildman–Crippen LogP) is 10.1. The first kappa shape index (κ1) is 45.1. The molecule has 348 valence electrons. The van der Waals surface area contributed by atoms with Crippen LogP contribution >= 0.6 is 0 Å². The van der Waals surface area contributed by atoms with Gasteiger partial charge in [0.05, 0.1) is 6.04 Å². The Hall–Kier alpha value is -5.08. The quantitative estimate of drug-likeness (QED) is 0.0903. The summed E-state index contributed by atoms with van der Waals surface area (Å²) in [5.41, 5.74) is 14.7. The molecule has 10 rings (SSSR count). The third-order valence-electron chi connectivity index (χ3n) is 16.0. The Kier molecular flexibility index (Phi) is 13.5. The van der Waals surface area contributed by atoms with Crippen LogP contribution in [0.3, 0.4) is 0 Å². The minimum atomic E-state index is -5.08. The summed E-state index contributed by atoms with van der Waals surface area (Å²) in [6.45, 7) is 2.69. The molecule has 3 aromatic carbocycles. The number of primary amides is 1. The van der Waals surface area contributed by atoms with Gasteiger partial charge in [0.15, 0.2) is 0 Å². The summed E-state index contributed by atoms with van der Waals surface area (Å²) in [5, 5.41) is 14.8.